The Hall–Kier alpha value is -2.32. The molecule has 3 aliphatic rings. The predicted molar refractivity (Wildman–Crippen MR) is 115 cm³/mol. The molecule has 170 valence electrons. The lowest BCUT2D eigenvalue weighted by molar-refractivity contribution is -0.142. The van der Waals surface area contributed by atoms with E-state index in [0.29, 0.717) is 23.9 Å². The number of ether oxygens (including phenoxy) is 3. The SMILES string of the molecule is COc1ccc(CN2CCN(CN3C(=O)[C@H]4CCCC[C@@H]4C3=O)CC2)c(OC)c1OC. The van der Waals surface area contributed by atoms with Crippen molar-refractivity contribution in [1.82, 2.24) is 14.7 Å². The van der Waals surface area contributed by atoms with Crippen LogP contribution >= 0.6 is 0 Å². The zero-order valence-corrected chi connectivity index (χ0v) is 18.8. The van der Waals surface area contributed by atoms with Gasteiger partial charge in [0.2, 0.25) is 17.6 Å². The van der Waals surface area contributed by atoms with Crippen LogP contribution in [0, 0.1) is 11.8 Å². The maximum atomic E-state index is 12.7. The van der Waals surface area contributed by atoms with E-state index in [0.717, 1.165) is 64.0 Å². The first-order valence-corrected chi connectivity index (χ1v) is 11.1. The quantitative estimate of drug-likeness (QED) is 0.611. The number of benzene rings is 1. The van der Waals surface area contributed by atoms with Crippen LogP contribution in [-0.4, -0.2) is 80.7 Å². The molecule has 8 heteroatoms. The summed E-state index contributed by atoms with van der Waals surface area (Å²) in [7, 11) is 4.86. The van der Waals surface area contributed by atoms with E-state index in [9.17, 15) is 9.59 Å². The summed E-state index contributed by atoms with van der Waals surface area (Å²) < 4.78 is 16.5. The van der Waals surface area contributed by atoms with Crippen LogP contribution in [-0.2, 0) is 16.1 Å². The number of hydrogen-bond donors (Lipinski definition) is 0. The number of carbonyl (C=O) groups excluding carboxylic acids is 2. The molecule has 2 amide bonds. The van der Waals surface area contributed by atoms with Crippen LogP contribution < -0.4 is 14.2 Å². The first-order chi connectivity index (χ1) is 15.1. The van der Waals surface area contributed by atoms with Gasteiger partial charge in [-0.05, 0) is 18.9 Å². The average Bonchev–Trinajstić information content (AvgIpc) is 3.04. The van der Waals surface area contributed by atoms with Crippen molar-refractivity contribution < 1.29 is 23.8 Å². The third-order valence-electron chi connectivity index (χ3n) is 6.92. The van der Waals surface area contributed by atoms with E-state index in [-0.39, 0.29) is 23.7 Å². The number of imide groups is 1. The first-order valence-electron chi connectivity index (χ1n) is 11.1. The van der Waals surface area contributed by atoms with Gasteiger partial charge in [0.25, 0.3) is 0 Å². The molecule has 1 saturated carbocycles. The largest absolute Gasteiger partial charge is 0.493 e. The molecule has 4 rings (SSSR count). The summed E-state index contributed by atoms with van der Waals surface area (Å²) >= 11 is 0. The number of nitrogens with zero attached hydrogens (tertiary/aromatic N) is 3. The van der Waals surface area contributed by atoms with Crippen molar-refractivity contribution >= 4 is 11.8 Å². The fourth-order valence-corrected chi connectivity index (χ4v) is 5.19. The number of amides is 2. The molecule has 1 aromatic rings. The molecule has 0 bridgehead atoms. The number of likely N-dealkylation sites (tertiary alicyclic amines) is 1. The highest BCUT2D eigenvalue weighted by Gasteiger charge is 2.48. The van der Waals surface area contributed by atoms with E-state index < -0.39 is 0 Å². The number of carbonyl (C=O) groups is 2. The second-order valence-corrected chi connectivity index (χ2v) is 8.63. The normalized spacial score (nSPS) is 24.9. The van der Waals surface area contributed by atoms with Crippen LogP contribution in [0.5, 0.6) is 17.2 Å². The predicted octanol–water partition coefficient (Wildman–Crippen LogP) is 1.96. The maximum absolute atomic E-state index is 12.7. The Bertz CT molecular complexity index is 798. The van der Waals surface area contributed by atoms with Crippen LogP contribution in [0.3, 0.4) is 0 Å². The molecule has 2 heterocycles. The van der Waals surface area contributed by atoms with Crippen LogP contribution in [0.4, 0.5) is 0 Å². The molecule has 0 aromatic heterocycles. The van der Waals surface area contributed by atoms with Gasteiger partial charge in [-0.2, -0.15) is 0 Å². The summed E-state index contributed by atoms with van der Waals surface area (Å²) in [6, 6.07) is 3.91. The third-order valence-corrected chi connectivity index (χ3v) is 6.92. The standard InChI is InChI=1S/C23H33N3O5/c1-29-19-9-8-16(20(30-2)21(19)31-3)14-24-10-12-25(13-11-24)15-26-22(27)17-6-4-5-7-18(17)23(26)28/h8-9,17-18H,4-7,10-15H2,1-3H3/t17-,18-/m0/s1. The lowest BCUT2D eigenvalue weighted by Crippen LogP contribution is -2.51. The highest BCUT2D eigenvalue weighted by atomic mass is 16.5. The second kappa shape index (κ2) is 9.44. The highest BCUT2D eigenvalue weighted by molar-refractivity contribution is 6.05. The van der Waals surface area contributed by atoms with Gasteiger partial charge in [-0.15, -0.1) is 0 Å². The van der Waals surface area contributed by atoms with Gasteiger partial charge in [-0.1, -0.05) is 18.9 Å². The van der Waals surface area contributed by atoms with Crippen LogP contribution in [0.1, 0.15) is 31.2 Å². The molecular weight excluding hydrogens is 398 g/mol. The van der Waals surface area contributed by atoms with E-state index in [1.165, 1.54) is 4.90 Å². The fourth-order valence-electron chi connectivity index (χ4n) is 5.19. The van der Waals surface area contributed by atoms with Gasteiger partial charge in [-0.3, -0.25) is 24.3 Å². The Labute approximate surface area is 184 Å². The van der Waals surface area contributed by atoms with Gasteiger partial charge in [0.05, 0.1) is 39.8 Å². The Morgan fingerprint density at radius 1 is 0.806 bits per heavy atom. The van der Waals surface area contributed by atoms with Gasteiger partial charge in [0.1, 0.15) is 0 Å². The molecule has 0 spiro atoms. The molecule has 1 aromatic carbocycles. The van der Waals surface area contributed by atoms with Gasteiger partial charge in [-0.25, -0.2) is 0 Å². The third kappa shape index (κ3) is 4.23. The number of fused-ring (bicyclic) bond motifs is 1. The summed E-state index contributed by atoms with van der Waals surface area (Å²) in [5, 5.41) is 0. The van der Waals surface area contributed by atoms with E-state index in [1.807, 2.05) is 12.1 Å². The van der Waals surface area contributed by atoms with E-state index in [2.05, 4.69) is 9.80 Å². The molecule has 31 heavy (non-hydrogen) atoms. The van der Waals surface area contributed by atoms with Gasteiger partial charge in [0, 0.05) is 38.3 Å². The second-order valence-electron chi connectivity index (χ2n) is 8.63. The topological polar surface area (TPSA) is 71.6 Å². The molecule has 0 radical (unpaired) electrons. The number of hydrogen-bond acceptors (Lipinski definition) is 7. The minimum absolute atomic E-state index is 0.0483. The molecule has 2 atom stereocenters. The molecule has 2 saturated heterocycles. The molecule has 3 fully saturated rings. The summed E-state index contributed by atoms with van der Waals surface area (Å²) in [5.41, 5.74) is 1.04. The van der Waals surface area contributed by atoms with E-state index in [4.69, 9.17) is 14.2 Å². The van der Waals surface area contributed by atoms with Gasteiger partial charge >= 0.3 is 0 Å². The van der Waals surface area contributed by atoms with Crippen molar-refractivity contribution in [1.29, 1.82) is 0 Å². The Balaban J connectivity index is 1.34. The Morgan fingerprint density at radius 3 is 1.94 bits per heavy atom. The summed E-state index contributed by atoms with van der Waals surface area (Å²) in [6.45, 7) is 4.53. The summed E-state index contributed by atoms with van der Waals surface area (Å²) in [4.78, 5) is 31.6. The summed E-state index contributed by atoms with van der Waals surface area (Å²) in [5.74, 6) is 1.90. The minimum Gasteiger partial charge on any atom is -0.493 e. The van der Waals surface area contributed by atoms with Gasteiger partial charge < -0.3 is 14.2 Å². The van der Waals surface area contributed by atoms with Crippen molar-refractivity contribution in [2.24, 2.45) is 11.8 Å². The monoisotopic (exact) mass is 431 g/mol. The minimum atomic E-state index is -0.0694. The van der Waals surface area contributed by atoms with Crippen molar-refractivity contribution in [2.45, 2.75) is 32.2 Å². The molecule has 0 unspecified atom stereocenters. The highest BCUT2D eigenvalue weighted by Crippen LogP contribution is 2.40. The summed E-state index contributed by atoms with van der Waals surface area (Å²) in [6.07, 6.45) is 3.86. The zero-order chi connectivity index (χ0) is 22.0. The lowest BCUT2D eigenvalue weighted by Gasteiger charge is -2.36. The van der Waals surface area contributed by atoms with Crippen molar-refractivity contribution in [3.8, 4) is 17.2 Å². The first kappa shape index (κ1) is 21.9. The van der Waals surface area contributed by atoms with Crippen LogP contribution in [0.15, 0.2) is 12.1 Å². The van der Waals surface area contributed by atoms with Crippen LogP contribution in [0.2, 0.25) is 0 Å². The number of piperazine rings is 1. The van der Waals surface area contributed by atoms with E-state index in [1.54, 1.807) is 21.3 Å². The van der Waals surface area contributed by atoms with E-state index >= 15 is 0 Å². The zero-order valence-electron chi connectivity index (χ0n) is 18.8. The molecule has 1 aliphatic carbocycles. The molecule has 2 aliphatic heterocycles. The van der Waals surface area contributed by atoms with Crippen molar-refractivity contribution in [3.05, 3.63) is 17.7 Å². The van der Waals surface area contributed by atoms with Gasteiger partial charge in [0.15, 0.2) is 11.5 Å². The molecule has 0 N–H and O–H groups in total. The Morgan fingerprint density at radius 2 is 1.39 bits per heavy atom. The lowest BCUT2D eigenvalue weighted by atomic mass is 9.81. The Kier molecular flexibility index (Phi) is 6.67. The van der Waals surface area contributed by atoms with Crippen molar-refractivity contribution in [3.63, 3.8) is 0 Å². The smallest absolute Gasteiger partial charge is 0.234 e. The number of rotatable bonds is 7. The van der Waals surface area contributed by atoms with Crippen molar-refractivity contribution in [2.75, 3.05) is 54.2 Å². The fraction of sp³-hybridized carbons (Fsp3) is 0.652. The molecule has 8 nitrogen and oxygen atoms in total. The number of methoxy groups -OCH3 is 3. The average molecular weight is 432 g/mol. The maximum Gasteiger partial charge on any atom is 0.234 e. The molecular formula is C23H33N3O5. The van der Waals surface area contributed by atoms with Crippen LogP contribution in [0.25, 0.3) is 0 Å².